The summed E-state index contributed by atoms with van der Waals surface area (Å²) < 4.78 is 0. The molecule has 1 atom stereocenters. The van der Waals surface area contributed by atoms with Crippen LogP contribution >= 0.6 is 11.6 Å². The minimum atomic E-state index is -0.886. The fourth-order valence-corrected chi connectivity index (χ4v) is 2.24. The molecule has 1 unspecified atom stereocenters. The summed E-state index contributed by atoms with van der Waals surface area (Å²) >= 11 is 5.85. The van der Waals surface area contributed by atoms with E-state index in [-0.39, 0.29) is 24.7 Å². The van der Waals surface area contributed by atoms with E-state index in [2.05, 4.69) is 5.32 Å². The van der Waals surface area contributed by atoms with Gasteiger partial charge in [-0.05, 0) is 24.1 Å². The quantitative estimate of drug-likeness (QED) is 0.759. The van der Waals surface area contributed by atoms with E-state index in [0.717, 1.165) is 5.56 Å². The van der Waals surface area contributed by atoms with Gasteiger partial charge in [-0.3, -0.25) is 14.4 Å². The first-order chi connectivity index (χ1) is 10.8. The largest absolute Gasteiger partial charge is 0.481 e. The summed E-state index contributed by atoms with van der Waals surface area (Å²) in [5, 5.41) is 11.9. The van der Waals surface area contributed by atoms with E-state index >= 15 is 0 Å². The Kier molecular flexibility index (Phi) is 7.54. The van der Waals surface area contributed by atoms with E-state index in [1.165, 1.54) is 11.8 Å². The van der Waals surface area contributed by atoms with Crippen LogP contribution < -0.4 is 5.32 Å². The van der Waals surface area contributed by atoms with E-state index in [4.69, 9.17) is 16.7 Å². The number of aliphatic carboxylic acids is 1. The highest BCUT2D eigenvalue weighted by molar-refractivity contribution is 6.30. The third kappa shape index (κ3) is 7.15. The Balaban J connectivity index is 2.68. The number of carboxylic acid groups (broad SMARTS) is 1. The molecule has 0 fully saturated rings. The van der Waals surface area contributed by atoms with E-state index < -0.39 is 12.0 Å². The van der Waals surface area contributed by atoms with Crippen molar-refractivity contribution in [3.05, 3.63) is 34.9 Å². The molecule has 0 radical (unpaired) electrons. The molecule has 1 rings (SSSR count). The van der Waals surface area contributed by atoms with Crippen LogP contribution in [0.1, 0.15) is 37.8 Å². The monoisotopic (exact) mass is 340 g/mol. The summed E-state index contributed by atoms with van der Waals surface area (Å²) in [6, 6.07) is 6.49. The Morgan fingerprint density at radius 3 is 2.39 bits per heavy atom. The number of nitrogens with zero attached hydrogens (tertiary/aromatic N) is 1. The summed E-state index contributed by atoms with van der Waals surface area (Å²) in [7, 11) is 1.62. The third-order valence-corrected chi connectivity index (χ3v) is 3.59. The van der Waals surface area contributed by atoms with Crippen LogP contribution in [-0.2, 0) is 14.4 Å². The summed E-state index contributed by atoms with van der Waals surface area (Å²) in [4.78, 5) is 35.6. The van der Waals surface area contributed by atoms with Gasteiger partial charge in [0.1, 0.15) is 0 Å². The predicted molar refractivity (Wildman–Crippen MR) is 87.1 cm³/mol. The lowest BCUT2D eigenvalue weighted by Gasteiger charge is -2.22. The first kappa shape index (κ1) is 19.0. The molecule has 2 N–H and O–H groups in total. The van der Waals surface area contributed by atoms with Crippen molar-refractivity contribution in [3.63, 3.8) is 0 Å². The van der Waals surface area contributed by atoms with Crippen LogP contribution in [0.5, 0.6) is 0 Å². The van der Waals surface area contributed by atoms with Crippen molar-refractivity contribution < 1.29 is 19.5 Å². The number of nitrogens with one attached hydrogen (secondary N) is 1. The molecule has 0 saturated heterocycles. The van der Waals surface area contributed by atoms with Gasteiger partial charge in [0.05, 0.1) is 12.5 Å². The van der Waals surface area contributed by atoms with Gasteiger partial charge in [-0.15, -0.1) is 0 Å². The maximum atomic E-state index is 12.3. The highest BCUT2D eigenvalue weighted by Gasteiger charge is 2.19. The van der Waals surface area contributed by atoms with Crippen LogP contribution in [0, 0.1) is 0 Å². The highest BCUT2D eigenvalue weighted by atomic mass is 35.5. The average Bonchev–Trinajstić information content (AvgIpc) is 2.46. The Bertz CT molecular complexity index is 560. The van der Waals surface area contributed by atoms with Crippen molar-refractivity contribution in [1.82, 2.24) is 10.2 Å². The van der Waals surface area contributed by atoms with Gasteiger partial charge in [-0.25, -0.2) is 0 Å². The van der Waals surface area contributed by atoms with Gasteiger partial charge in [-0.2, -0.15) is 0 Å². The molecule has 1 aromatic rings. The third-order valence-electron chi connectivity index (χ3n) is 3.34. The van der Waals surface area contributed by atoms with Gasteiger partial charge in [0.15, 0.2) is 0 Å². The normalized spacial score (nSPS) is 11.6. The van der Waals surface area contributed by atoms with Gasteiger partial charge in [0, 0.05) is 32.0 Å². The van der Waals surface area contributed by atoms with Gasteiger partial charge in [0.2, 0.25) is 11.8 Å². The number of carboxylic acids is 1. The zero-order valence-electron chi connectivity index (χ0n) is 13.2. The van der Waals surface area contributed by atoms with Gasteiger partial charge >= 0.3 is 5.97 Å². The first-order valence-electron chi connectivity index (χ1n) is 7.28. The average molecular weight is 341 g/mol. The fraction of sp³-hybridized carbons (Fsp3) is 0.438. The number of amides is 2. The molecule has 2 amide bonds. The Labute approximate surface area is 140 Å². The molecular formula is C16H21ClN2O4. The summed E-state index contributed by atoms with van der Waals surface area (Å²) in [5.74, 6) is -1.28. The molecular weight excluding hydrogens is 320 g/mol. The minimum Gasteiger partial charge on any atom is -0.481 e. The summed E-state index contributed by atoms with van der Waals surface area (Å²) in [5.41, 5.74) is 0.789. The van der Waals surface area contributed by atoms with E-state index in [1.807, 2.05) is 0 Å². The molecule has 23 heavy (non-hydrogen) atoms. The lowest BCUT2D eigenvalue weighted by Crippen LogP contribution is -2.34. The Hall–Kier alpha value is -2.08. The Morgan fingerprint density at radius 2 is 1.87 bits per heavy atom. The maximum Gasteiger partial charge on any atom is 0.303 e. The van der Waals surface area contributed by atoms with Gasteiger partial charge < -0.3 is 15.3 Å². The molecule has 7 heteroatoms. The number of hydrogen-bond acceptors (Lipinski definition) is 3. The smallest absolute Gasteiger partial charge is 0.303 e. The Morgan fingerprint density at radius 1 is 1.26 bits per heavy atom. The highest BCUT2D eigenvalue weighted by Crippen LogP contribution is 2.20. The number of rotatable bonds is 8. The molecule has 0 aromatic heterocycles. The van der Waals surface area contributed by atoms with Crippen LogP contribution in [0.3, 0.4) is 0 Å². The van der Waals surface area contributed by atoms with Crippen LogP contribution in [0.15, 0.2) is 24.3 Å². The topological polar surface area (TPSA) is 86.7 Å². The van der Waals surface area contributed by atoms with Crippen LogP contribution in [0.4, 0.5) is 0 Å². The number of benzene rings is 1. The van der Waals surface area contributed by atoms with Crippen molar-refractivity contribution in [2.75, 3.05) is 13.6 Å². The van der Waals surface area contributed by atoms with E-state index in [1.54, 1.807) is 31.3 Å². The number of halogens is 1. The molecule has 1 aromatic carbocycles. The lowest BCUT2D eigenvalue weighted by molar-refractivity contribution is -0.138. The zero-order valence-corrected chi connectivity index (χ0v) is 14.0. The van der Waals surface area contributed by atoms with Crippen LogP contribution in [0.2, 0.25) is 5.02 Å². The number of carbonyl (C=O) groups is 3. The van der Waals surface area contributed by atoms with E-state index in [9.17, 15) is 14.4 Å². The second kappa shape index (κ2) is 9.15. The lowest BCUT2D eigenvalue weighted by atomic mass is 10.0. The van der Waals surface area contributed by atoms with Crippen molar-refractivity contribution in [2.45, 2.75) is 32.2 Å². The molecule has 0 aliphatic heterocycles. The standard InChI is InChI=1S/C16H21ClN2O4/c1-11(20)18-14(12-5-7-13(17)8-6-12)10-15(21)19(2)9-3-4-16(22)23/h5-8,14H,3-4,9-10H2,1-2H3,(H,18,20)(H,22,23). The van der Waals surface area contributed by atoms with Crippen molar-refractivity contribution in [1.29, 1.82) is 0 Å². The number of hydrogen-bond donors (Lipinski definition) is 2. The molecule has 0 saturated carbocycles. The molecule has 126 valence electrons. The SMILES string of the molecule is CC(=O)NC(CC(=O)N(C)CCCC(=O)O)c1ccc(Cl)cc1. The second-order valence-electron chi connectivity index (χ2n) is 5.32. The second-order valence-corrected chi connectivity index (χ2v) is 5.76. The molecule has 0 aliphatic carbocycles. The van der Waals surface area contributed by atoms with E-state index in [0.29, 0.717) is 18.0 Å². The maximum absolute atomic E-state index is 12.3. The molecule has 0 aliphatic rings. The summed E-state index contributed by atoms with van der Waals surface area (Å²) in [6.07, 6.45) is 0.512. The molecule has 0 bridgehead atoms. The van der Waals surface area contributed by atoms with Gasteiger partial charge in [0.25, 0.3) is 0 Å². The fourth-order valence-electron chi connectivity index (χ4n) is 2.12. The molecule has 6 nitrogen and oxygen atoms in total. The van der Waals surface area contributed by atoms with Gasteiger partial charge in [-0.1, -0.05) is 23.7 Å². The van der Waals surface area contributed by atoms with Crippen molar-refractivity contribution >= 4 is 29.4 Å². The zero-order chi connectivity index (χ0) is 17.4. The molecule has 0 heterocycles. The summed E-state index contributed by atoms with van der Waals surface area (Å²) in [6.45, 7) is 1.75. The van der Waals surface area contributed by atoms with Crippen molar-refractivity contribution in [2.24, 2.45) is 0 Å². The van der Waals surface area contributed by atoms with Crippen molar-refractivity contribution in [3.8, 4) is 0 Å². The van der Waals surface area contributed by atoms with Crippen LogP contribution in [-0.4, -0.2) is 41.4 Å². The minimum absolute atomic E-state index is 0.0178. The molecule has 0 spiro atoms. The predicted octanol–water partition coefficient (Wildman–Crippen LogP) is 2.23. The van der Waals surface area contributed by atoms with Crippen LogP contribution in [0.25, 0.3) is 0 Å². The first-order valence-corrected chi connectivity index (χ1v) is 7.65. The number of carbonyl (C=O) groups excluding carboxylic acids is 2.